The summed E-state index contributed by atoms with van der Waals surface area (Å²) in [6.45, 7) is 3.66. The fourth-order valence-electron chi connectivity index (χ4n) is 2.25. The van der Waals surface area contributed by atoms with Crippen LogP contribution in [0.2, 0.25) is 5.15 Å². The first kappa shape index (κ1) is 16.2. The number of carbonyl (C=O) groups is 1. The van der Waals surface area contributed by atoms with Crippen LogP contribution in [0.4, 0.5) is 4.79 Å². The van der Waals surface area contributed by atoms with Gasteiger partial charge in [-0.15, -0.1) is 0 Å². The van der Waals surface area contributed by atoms with Gasteiger partial charge in [0.2, 0.25) is 0 Å². The first-order valence-corrected chi connectivity index (χ1v) is 7.24. The largest absolute Gasteiger partial charge is 0.443 e. The van der Waals surface area contributed by atoms with Gasteiger partial charge >= 0.3 is 6.09 Å². The van der Waals surface area contributed by atoms with E-state index in [4.69, 9.17) is 22.1 Å². The van der Waals surface area contributed by atoms with E-state index in [1.54, 1.807) is 6.07 Å². The lowest BCUT2D eigenvalue weighted by Gasteiger charge is -2.24. The Bertz CT molecular complexity index is 657. The fourth-order valence-corrected chi connectivity index (χ4v) is 2.42. The normalized spacial score (nSPS) is 11.2. The molecule has 1 amide bonds. The Morgan fingerprint density at radius 1 is 1.23 bits per heavy atom. The summed E-state index contributed by atoms with van der Waals surface area (Å²) in [7, 11) is 0. The number of ether oxygens (including phenoxy) is 1. The van der Waals surface area contributed by atoms with Gasteiger partial charge in [0.25, 0.3) is 0 Å². The van der Waals surface area contributed by atoms with Crippen molar-refractivity contribution in [2.75, 3.05) is 0 Å². The summed E-state index contributed by atoms with van der Waals surface area (Å²) >= 11 is 5.85. The van der Waals surface area contributed by atoms with E-state index in [-0.39, 0.29) is 0 Å². The van der Waals surface area contributed by atoms with Crippen molar-refractivity contribution in [1.29, 1.82) is 0 Å². The number of halogens is 1. The molecule has 0 aliphatic rings. The quantitative estimate of drug-likeness (QED) is 0.859. The third kappa shape index (κ3) is 5.00. The summed E-state index contributed by atoms with van der Waals surface area (Å²) in [5.41, 5.74) is 7.49. The van der Waals surface area contributed by atoms with Crippen LogP contribution in [0.1, 0.15) is 30.7 Å². The third-order valence-electron chi connectivity index (χ3n) is 3.11. The van der Waals surface area contributed by atoms with Crippen molar-refractivity contribution in [3.63, 3.8) is 0 Å². The van der Waals surface area contributed by atoms with Crippen LogP contribution in [-0.4, -0.2) is 21.7 Å². The average molecular weight is 320 g/mol. The number of hydrogen-bond donors (Lipinski definition) is 1. The van der Waals surface area contributed by atoms with Gasteiger partial charge in [0.15, 0.2) is 0 Å². The lowest BCUT2D eigenvalue weighted by Crippen LogP contribution is -2.33. The minimum atomic E-state index is -0.762. The number of aromatic nitrogens is 2. The van der Waals surface area contributed by atoms with Crippen molar-refractivity contribution < 1.29 is 9.53 Å². The maximum atomic E-state index is 10.9. The molecule has 0 fully saturated rings. The van der Waals surface area contributed by atoms with Crippen molar-refractivity contribution in [2.24, 2.45) is 5.73 Å². The number of nitrogens with zero attached hydrogens (tertiary/aromatic N) is 2. The molecule has 0 aliphatic heterocycles. The van der Waals surface area contributed by atoms with Gasteiger partial charge in [0, 0.05) is 18.5 Å². The van der Waals surface area contributed by atoms with Crippen molar-refractivity contribution in [3.05, 3.63) is 58.6 Å². The molecule has 0 bridgehead atoms. The van der Waals surface area contributed by atoms with Gasteiger partial charge in [0.1, 0.15) is 17.1 Å². The van der Waals surface area contributed by atoms with Gasteiger partial charge in [-0.2, -0.15) is 0 Å². The zero-order valence-corrected chi connectivity index (χ0v) is 13.3. The minimum absolute atomic E-state index is 0.437. The highest BCUT2D eigenvalue weighted by atomic mass is 35.5. The van der Waals surface area contributed by atoms with Crippen molar-refractivity contribution in [1.82, 2.24) is 9.97 Å². The summed E-state index contributed by atoms with van der Waals surface area (Å²) in [4.78, 5) is 18.9. The van der Waals surface area contributed by atoms with Crippen molar-refractivity contribution in [2.45, 2.75) is 32.3 Å². The SMILES string of the molecule is CC(C)(Cc1ccc(Cc2cc(Cl)ncn2)cc1)OC(N)=O. The summed E-state index contributed by atoms with van der Waals surface area (Å²) in [5, 5.41) is 0.437. The molecule has 2 N–H and O–H groups in total. The molecule has 5 nitrogen and oxygen atoms in total. The van der Waals surface area contributed by atoms with E-state index in [2.05, 4.69) is 9.97 Å². The number of amides is 1. The van der Waals surface area contributed by atoms with Crippen LogP contribution in [-0.2, 0) is 17.6 Å². The molecule has 2 aromatic rings. The number of hydrogen-bond acceptors (Lipinski definition) is 4. The Morgan fingerprint density at radius 2 is 1.86 bits per heavy atom. The molecule has 6 heteroatoms. The van der Waals surface area contributed by atoms with Crippen LogP contribution < -0.4 is 5.73 Å². The number of nitrogens with two attached hydrogens (primary N) is 1. The molecule has 1 aromatic heterocycles. The molecule has 0 radical (unpaired) electrons. The van der Waals surface area contributed by atoms with E-state index in [0.29, 0.717) is 18.0 Å². The van der Waals surface area contributed by atoms with E-state index in [9.17, 15) is 4.79 Å². The maximum Gasteiger partial charge on any atom is 0.405 e. The van der Waals surface area contributed by atoms with Gasteiger partial charge in [-0.25, -0.2) is 14.8 Å². The zero-order chi connectivity index (χ0) is 16.2. The highest BCUT2D eigenvalue weighted by Crippen LogP contribution is 2.18. The molecule has 0 saturated carbocycles. The van der Waals surface area contributed by atoms with Crippen LogP contribution >= 0.6 is 11.6 Å². The van der Waals surface area contributed by atoms with Crippen LogP contribution in [0.5, 0.6) is 0 Å². The second-order valence-corrected chi connectivity index (χ2v) is 6.07. The van der Waals surface area contributed by atoms with E-state index < -0.39 is 11.7 Å². The van der Waals surface area contributed by atoms with Crippen molar-refractivity contribution >= 4 is 17.7 Å². The molecule has 0 aliphatic carbocycles. The summed E-state index contributed by atoms with van der Waals surface area (Å²) in [6.07, 6.45) is 1.97. The predicted molar refractivity (Wildman–Crippen MR) is 84.7 cm³/mol. The molecule has 0 saturated heterocycles. The number of primary amides is 1. The summed E-state index contributed by atoms with van der Waals surface area (Å²) < 4.78 is 5.09. The summed E-state index contributed by atoms with van der Waals surface area (Å²) in [6, 6.07) is 9.80. The van der Waals surface area contributed by atoms with Crippen LogP contribution in [0.15, 0.2) is 36.7 Å². The molecule has 116 valence electrons. The molecule has 0 spiro atoms. The van der Waals surface area contributed by atoms with Gasteiger partial charge in [0.05, 0.1) is 0 Å². The van der Waals surface area contributed by atoms with Crippen LogP contribution in [0, 0.1) is 0 Å². The predicted octanol–water partition coefficient (Wildman–Crippen LogP) is 3.14. The molecule has 0 atom stereocenters. The standard InChI is InChI=1S/C16H18ClN3O2/c1-16(2,22-15(18)21)9-12-5-3-11(4-6-12)7-13-8-14(17)20-10-19-13/h3-6,8,10H,7,9H2,1-2H3,(H2,18,21). The Balaban J connectivity index is 2.02. The lowest BCUT2D eigenvalue weighted by atomic mass is 9.97. The lowest BCUT2D eigenvalue weighted by molar-refractivity contribution is 0.0460. The molecular formula is C16H18ClN3O2. The Kier molecular flexibility index (Phi) is 4.98. The monoisotopic (exact) mass is 319 g/mol. The van der Waals surface area contributed by atoms with Crippen molar-refractivity contribution in [3.8, 4) is 0 Å². The third-order valence-corrected chi connectivity index (χ3v) is 3.31. The Labute approximate surface area is 134 Å². The fraction of sp³-hybridized carbons (Fsp3) is 0.312. The van der Waals surface area contributed by atoms with Crippen LogP contribution in [0.25, 0.3) is 0 Å². The highest BCUT2D eigenvalue weighted by Gasteiger charge is 2.22. The molecule has 1 heterocycles. The number of carbonyl (C=O) groups excluding carboxylic acids is 1. The minimum Gasteiger partial charge on any atom is -0.443 e. The molecule has 22 heavy (non-hydrogen) atoms. The van der Waals surface area contributed by atoms with Crippen LogP contribution in [0.3, 0.4) is 0 Å². The first-order valence-electron chi connectivity index (χ1n) is 6.87. The maximum absolute atomic E-state index is 10.9. The average Bonchev–Trinajstić information content (AvgIpc) is 2.39. The Morgan fingerprint density at radius 3 is 2.45 bits per heavy atom. The van der Waals surface area contributed by atoms with Gasteiger partial charge in [-0.05, 0) is 31.0 Å². The number of benzene rings is 1. The van der Waals surface area contributed by atoms with Gasteiger partial charge in [-0.1, -0.05) is 35.9 Å². The van der Waals surface area contributed by atoms with E-state index in [1.165, 1.54) is 6.33 Å². The van der Waals surface area contributed by atoms with Gasteiger partial charge < -0.3 is 10.5 Å². The molecule has 0 unspecified atom stereocenters. The van der Waals surface area contributed by atoms with E-state index in [0.717, 1.165) is 16.8 Å². The Hall–Kier alpha value is -2.14. The number of rotatable bonds is 5. The smallest absolute Gasteiger partial charge is 0.405 e. The highest BCUT2D eigenvalue weighted by molar-refractivity contribution is 6.29. The van der Waals surface area contributed by atoms with E-state index in [1.807, 2.05) is 38.1 Å². The second kappa shape index (κ2) is 6.75. The topological polar surface area (TPSA) is 78.1 Å². The van der Waals surface area contributed by atoms with Gasteiger partial charge in [-0.3, -0.25) is 0 Å². The summed E-state index contributed by atoms with van der Waals surface area (Å²) in [5.74, 6) is 0. The first-order chi connectivity index (χ1) is 10.3. The molecular weight excluding hydrogens is 302 g/mol. The van der Waals surface area contributed by atoms with E-state index >= 15 is 0 Å². The second-order valence-electron chi connectivity index (χ2n) is 5.68. The molecule has 2 rings (SSSR count). The molecule has 1 aromatic carbocycles. The zero-order valence-electron chi connectivity index (χ0n) is 12.5.